The molecule has 1 aliphatic rings. The van der Waals surface area contributed by atoms with Gasteiger partial charge in [0.15, 0.2) is 6.61 Å². The predicted molar refractivity (Wildman–Crippen MR) is 74.0 cm³/mol. The first-order valence-corrected chi connectivity index (χ1v) is 6.84. The van der Waals surface area contributed by atoms with Crippen molar-refractivity contribution in [3.63, 3.8) is 0 Å². The maximum Gasteiger partial charge on any atom is 0.341 e. The second kappa shape index (κ2) is 5.90. The molecule has 1 fully saturated rings. The molecule has 5 nitrogen and oxygen atoms in total. The molecule has 0 radical (unpaired) electrons. The molecule has 1 aromatic carbocycles. The Kier molecular flexibility index (Phi) is 4.35. The van der Waals surface area contributed by atoms with E-state index in [1.165, 1.54) is 6.92 Å². The fourth-order valence-electron chi connectivity index (χ4n) is 2.06. The molecule has 2 rings (SSSR count). The van der Waals surface area contributed by atoms with Gasteiger partial charge in [0.1, 0.15) is 11.2 Å². The monoisotopic (exact) mass is 313 g/mol. The summed E-state index contributed by atoms with van der Waals surface area (Å²) in [6.07, 6.45) is 0.0913. The van der Waals surface area contributed by atoms with Crippen molar-refractivity contribution in [3.05, 3.63) is 29.8 Å². The molecule has 1 aromatic rings. The molecule has 0 spiro atoms. The van der Waals surface area contributed by atoms with Gasteiger partial charge in [0, 0.05) is 13.0 Å². The molecule has 2 N–H and O–H groups in total. The van der Waals surface area contributed by atoms with Crippen LogP contribution in [0.25, 0.3) is 0 Å². The Morgan fingerprint density at radius 1 is 1.32 bits per heavy atom. The molecule has 1 aliphatic carbocycles. The highest BCUT2D eigenvalue weighted by Crippen LogP contribution is 2.60. The summed E-state index contributed by atoms with van der Waals surface area (Å²) in [5.74, 6) is -4.16. The Morgan fingerprint density at radius 3 is 2.41 bits per heavy atom. The number of hydrogen-bond acceptors (Lipinski definition) is 3. The third-order valence-electron chi connectivity index (χ3n) is 3.74. The molecule has 7 heteroatoms. The largest absolute Gasteiger partial charge is 0.482 e. The Morgan fingerprint density at radius 2 is 1.91 bits per heavy atom. The minimum Gasteiger partial charge on any atom is -0.482 e. The van der Waals surface area contributed by atoms with Gasteiger partial charge in [-0.2, -0.15) is 0 Å². The predicted octanol–water partition coefficient (Wildman–Crippen LogP) is 1.85. The van der Waals surface area contributed by atoms with Gasteiger partial charge in [-0.3, -0.25) is 4.79 Å². The number of rotatable bonds is 7. The average molecular weight is 313 g/mol. The third kappa shape index (κ3) is 3.52. The van der Waals surface area contributed by atoms with Crippen LogP contribution in [-0.4, -0.2) is 36.1 Å². The summed E-state index contributed by atoms with van der Waals surface area (Å²) in [5.41, 5.74) is -0.683. The highest BCUT2D eigenvalue weighted by molar-refractivity contribution is 5.86. The molecule has 0 aliphatic heterocycles. The maximum absolute atomic E-state index is 13.0. The van der Waals surface area contributed by atoms with Crippen LogP contribution >= 0.6 is 0 Å². The summed E-state index contributed by atoms with van der Waals surface area (Å²) in [6, 6.07) is 6.71. The number of ether oxygens (including phenoxy) is 1. The van der Waals surface area contributed by atoms with E-state index in [9.17, 15) is 18.4 Å². The number of alkyl halides is 2. The van der Waals surface area contributed by atoms with E-state index in [0.29, 0.717) is 12.2 Å². The van der Waals surface area contributed by atoms with Gasteiger partial charge in [0.25, 0.3) is 5.92 Å². The zero-order chi connectivity index (χ0) is 16.4. The van der Waals surface area contributed by atoms with Gasteiger partial charge in [-0.25, -0.2) is 13.6 Å². The van der Waals surface area contributed by atoms with Crippen molar-refractivity contribution in [1.82, 2.24) is 5.32 Å². The summed E-state index contributed by atoms with van der Waals surface area (Å²) >= 11 is 0. The van der Waals surface area contributed by atoms with E-state index in [-0.39, 0.29) is 6.54 Å². The van der Waals surface area contributed by atoms with Gasteiger partial charge in [0.05, 0.1) is 0 Å². The number of halogens is 2. The molecular weight excluding hydrogens is 296 g/mol. The third-order valence-corrected chi connectivity index (χ3v) is 3.74. The molecule has 1 saturated carbocycles. The summed E-state index contributed by atoms with van der Waals surface area (Å²) in [7, 11) is 0. The summed E-state index contributed by atoms with van der Waals surface area (Å²) < 4.78 is 31.1. The second-order valence-corrected chi connectivity index (χ2v) is 5.55. The summed E-state index contributed by atoms with van der Waals surface area (Å²) in [4.78, 5) is 22.0. The van der Waals surface area contributed by atoms with Crippen molar-refractivity contribution in [3.8, 4) is 5.75 Å². The molecule has 120 valence electrons. The number of carboxylic acid groups (broad SMARTS) is 1. The van der Waals surface area contributed by atoms with Crippen molar-refractivity contribution < 1.29 is 28.2 Å². The molecule has 22 heavy (non-hydrogen) atoms. The second-order valence-electron chi connectivity index (χ2n) is 5.55. The van der Waals surface area contributed by atoms with E-state index in [4.69, 9.17) is 9.84 Å². The van der Waals surface area contributed by atoms with Crippen LogP contribution in [0.2, 0.25) is 0 Å². The van der Waals surface area contributed by atoms with Crippen LogP contribution in [0.3, 0.4) is 0 Å². The number of carbonyl (C=O) groups excluding carboxylic acids is 1. The Hall–Kier alpha value is -2.18. The standard InChI is InChI=1S/C15H17F2NO4/c1-14(9-15(14,16)17)13(21)18-7-6-10-2-4-11(5-3-10)22-8-12(19)20/h2-5H,6-9H2,1H3,(H,18,21)(H,19,20). The number of carbonyl (C=O) groups is 2. The van der Waals surface area contributed by atoms with Crippen molar-refractivity contribution >= 4 is 11.9 Å². The summed E-state index contributed by atoms with van der Waals surface area (Å²) in [5, 5.41) is 11.0. The molecule has 1 amide bonds. The number of aliphatic carboxylic acids is 1. The van der Waals surface area contributed by atoms with E-state index < -0.39 is 36.2 Å². The lowest BCUT2D eigenvalue weighted by Crippen LogP contribution is -2.34. The molecule has 0 bridgehead atoms. The zero-order valence-corrected chi connectivity index (χ0v) is 12.1. The van der Waals surface area contributed by atoms with Crippen LogP contribution in [0.4, 0.5) is 8.78 Å². The fraction of sp³-hybridized carbons (Fsp3) is 0.467. The van der Waals surface area contributed by atoms with Crippen molar-refractivity contribution in [2.45, 2.75) is 25.7 Å². The maximum atomic E-state index is 13.0. The first-order chi connectivity index (χ1) is 10.2. The van der Waals surface area contributed by atoms with Crippen molar-refractivity contribution in [1.29, 1.82) is 0 Å². The Bertz CT molecular complexity index is 573. The number of nitrogens with one attached hydrogen (secondary N) is 1. The van der Waals surface area contributed by atoms with E-state index in [1.807, 2.05) is 0 Å². The number of benzene rings is 1. The number of amides is 1. The molecule has 1 atom stereocenters. The van der Waals surface area contributed by atoms with Crippen LogP contribution in [0.1, 0.15) is 18.9 Å². The van der Waals surface area contributed by atoms with Crippen LogP contribution in [0.15, 0.2) is 24.3 Å². The first kappa shape index (κ1) is 16.2. The molecule has 0 aromatic heterocycles. The Labute approximate surface area is 126 Å². The number of hydrogen-bond donors (Lipinski definition) is 2. The normalized spacial score (nSPS) is 22.0. The highest BCUT2D eigenvalue weighted by Gasteiger charge is 2.72. The smallest absolute Gasteiger partial charge is 0.341 e. The fourth-order valence-corrected chi connectivity index (χ4v) is 2.06. The lowest BCUT2D eigenvalue weighted by Gasteiger charge is -2.11. The molecular formula is C15H17F2NO4. The van der Waals surface area contributed by atoms with Crippen molar-refractivity contribution in [2.75, 3.05) is 13.2 Å². The minimum absolute atomic E-state index is 0.264. The van der Waals surface area contributed by atoms with Gasteiger partial charge in [-0.15, -0.1) is 0 Å². The van der Waals surface area contributed by atoms with Crippen LogP contribution < -0.4 is 10.1 Å². The topological polar surface area (TPSA) is 75.6 Å². The van der Waals surface area contributed by atoms with E-state index in [0.717, 1.165) is 5.56 Å². The summed E-state index contributed by atoms with van der Waals surface area (Å²) in [6.45, 7) is 1.11. The quantitative estimate of drug-likeness (QED) is 0.805. The van der Waals surface area contributed by atoms with E-state index in [1.54, 1.807) is 24.3 Å². The number of carboxylic acids is 1. The average Bonchev–Trinajstić information content (AvgIpc) is 2.98. The van der Waals surface area contributed by atoms with Crippen molar-refractivity contribution in [2.24, 2.45) is 5.41 Å². The minimum atomic E-state index is -2.90. The lowest BCUT2D eigenvalue weighted by molar-refractivity contribution is -0.139. The van der Waals surface area contributed by atoms with E-state index in [2.05, 4.69) is 5.32 Å². The zero-order valence-electron chi connectivity index (χ0n) is 12.1. The first-order valence-electron chi connectivity index (χ1n) is 6.84. The molecule has 0 heterocycles. The highest BCUT2D eigenvalue weighted by atomic mass is 19.3. The van der Waals surface area contributed by atoms with Crippen LogP contribution in [0, 0.1) is 5.41 Å². The van der Waals surface area contributed by atoms with Gasteiger partial charge in [-0.1, -0.05) is 12.1 Å². The Balaban J connectivity index is 1.76. The lowest BCUT2D eigenvalue weighted by atomic mass is 10.1. The molecule has 0 saturated heterocycles. The van der Waals surface area contributed by atoms with Crippen LogP contribution in [-0.2, 0) is 16.0 Å². The van der Waals surface area contributed by atoms with Gasteiger partial charge in [0.2, 0.25) is 5.91 Å². The van der Waals surface area contributed by atoms with Crippen LogP contribution in [0.5, 0.6) is 5.75 Å². The van der Waals surface area contributed by atoms with Gasteiger partial charge < -0.3 is 15.2 Å². The van der Waals surface area contributed by atoms with Gasteiger partial charge >= 0.3 is 5.97 Å². The SMILES string of the molecule is CC1(C(=O)NCCc2ccc(OCC(=O)O)cc2)CC1(F)F. The molecule has 1 unspecified atom stereocenters. The van der Waals surface area contributed by atoms with Gasteiger partial charge in [-0.05, 0) is 31.0 Å². The van der Waals surface area contributed by atoms with E-state index >= 15 is 0 Å².